The maximum Gasteiger partial charge on any atom is 0.133 e. The van der Waals surface area contributed by atoms with Crippen LogP contribution in [0.1, 0.15) is 16.7 Å². The standard InChI is InChI=1S/C20H24BrN3O/c1-16-3-5-17(6-4-16)15-23-9-11-24(12-10-23)22-14-18-7-8-20(25-2)19(21)13-18/h3-8,13-14H,9-12,15H2,1-2H3/b22-14-. The van der Waals surface area contributed by atoms with Crippen molar-refractivity contribution in [2.75, 3.05) is 33.3 Å². The maximum absolute atomic E-state index is 5.25. The minimum atomic E-state index is 0.835. The first-order valence-corrected chi connectivity index (χ1v) is 9.34. The summed E-state index contributed by atoms with van der Waals surface area (Å²) in [6, 6.07) is 14.8. The molecule has 2 aromatic carbocycles. The van der Waals surface area contributed by atoms with E-state index in [0.717, 1.165) is 48.5 Å². The average Bonchev–Trinajstić information content (AvgIpc) is 2.63. The van der Waals surface area contributed by atoms with E-state index in [-0.39, 0.29) is 0 Å². The number of rotatable bonds is 5. The number of methoxy groups -OCH3 is 1. The Labute approximate surface area is 158 Å². The number of ether oxygens (including phenoxy) is 1. The van der Waals surface area contributed by atoms with Crippen molar-refractivity contribution in [1.29, 1.82) is 0 Å². The smallest absolute Gasteiger partial charge is 0.133 e. The van der Waals surface area contributed by atoms with Crippen LogP contribution in [0.15, 0.2) is 52.0 Å². The maximum atomic E-state index is 5.25. The Kier molecular flexibility index (Phi) is 6.10. The molecule has 3 rings (SSSR count). The second-order valence-corrected chi connectivity index (χ2v) is 7.21. The highest BCUT2D eigenvalue weighted by Crippen LogP contribution is 2.24. The summed E-state index contributed by atoms with van der Waals surface area (Å²) in [5.41, 5.74) is 3.76. The molecule has 0 atom stereocenters. The monoisotopic (exact) mass is 401 g/mol. The Hall–Kier alpha value is -1.85. The number of aryl methyl sites for hydroxylation is 1. The zero-order chi connectivity index (χ0) is 17.6. The third kappa shape index (κ3) is 5.06. The van der Waals surface area contributed by atoms with E-state index in [0.29, 0.717) is 0 Å². The highest BCUT2D eigenvalue weighted by Gasteiger charge is 2.15. The van der Waals surface area contributed by atoms with Crippen molar-refractivity contribution in [3.63, 3.8) is 0 Å². The molecule has 132 valence electrons. The summed E-state index contributed by atoms with van der Waals surface area (Å²) in [6.45, 7) is 7.14. The number of benzene rings is 2. The van der Waals surface area contributed by atoms with Crippen LogP contribution in [0.2, 0.25) is 0 Å². The molecule has 4 nitrogen and oxygen atoms in total. The molecule has 2 aromatic rings. The summed E-state index contributed by atoms with van der Waals surface area (Å²) in [4.78, 5) is 2.49. The molecule has 1 saturated heterocycles. The number of hydrogen-bond acceptors (Lipinski definition) is 4. The third-order valence-electron chi connectivity index (χ3n) is 4.42. The molecule has 1 aliphatic rings. The van der Waals surface area contributed by atoms with Crippen LogP contribution in [0.5, 0.6) is 5.75 Å². The average molecular weight is 402 g/mol. The first kappa shape index (κ1) is 18.0. The van der Waals surface area contributed by atoms with Crippen molar-refractivity contribution in [2.24, 2.45) is 5.10 Å². The normalized spacial score (nSPS) is 15.7. The van der Waals surface area contributed by atoms with Gasteiger partial charge in [-0.2, -0.15) is 5.10 Å². The number of hydrogen-bond donors (Lipinski definition) is 0. The number of halogens is 1. The van der Waals surface area contributed by atoms with Crippen LogP contribution < -0.4 is 4.74 Å². The van der Waals surface area contributed by atoms with Gasteiger partial charge in [0.25, 0.3) is 0 Å². The van der Waals surface area contributed by atoms with Gasteiger partial charge in [0.05, 0.1) is 17.8 Å². The molecule has 0 radical (unpaired) electrons. The Morgan fingerprint density at radius 2 is 1.80 bits per heavy atom. The first-order valence-electron chi connectivity index (χ1n) is 8.54. The van der Waals surface area contributed by atoms with Gasteiger partial charge >= 0.3 is 0 Å². The second-order valence-electron chi connectivity index (χ2n) is 6.35. The molecule has 25 heavy (non-hydrogen) atoms. The third-order valence-corrected chi connectivity index (χ3v) is 5.04. The van der Waals surface area contributed by atoms with Crippen LogP contribution in [-0.2, 0) is 6.54 Å². The van der Waals surface area contributed by atoms with E-state index in [1.807, 2.05) is 24.4 Å². The zero-order valence-electron chi connectivity index (χ0n) is 14.8. The minimum absolute atomic E-state index is 0.835. The van der Waals surface area contributed by atoms with E-state index >= 15 is 0 Å². The Balaban J connectivity index is 1.50. The lowest BCUT2D eigenvalue weighted by Crippen LogP contribution is -2.43. The molecular formula is C20H24BrN3O. The van der Waals surface area contributed by atoms with E-state index < -0.39 is 0 Å². The number of hydrazone groups is 1. The van der Waals surface area contributed by atoms with Gasteiger partial charge in [0.1, 0.15) is 5.75 Å². The SMILES string of the molecule is COc1ccc(/C=N\N2CCN(Cc3ccc(C)cc3)CC2)cc1Br. The molecule has 0 saturated carbocycles. The fourth-order valence-electron chi connectivity index (χ4n) is 2.87. The van der Waals surface area contributed by atoms with Crippen LogP contribution in [0.4, 0.5) is 0 Å². The van der Waals surface area contributed by atoms with Gasteiger partial charge in [0, 0.05) is 32.7 Å². The van der Waals surface area contributed by atoms with Crippen molar-refractivity contribution in [1.82, 2.24) is 9.91 Å². The van der Waals surface area contributed by atoms with Crippen molar-refractivity contribution in [3.05, 3.63) is 63.6 Å². The molecule has 1 fully saturated rings. The van der Waals surface area contributed by atoms with Crippen LogP contribution in [-0.4, -0.2) is 49.4 Å². The molecule has 0 spiro atoms. The van der Waals surface area contributed by atoms with Crippen LogP contribution >= 0.6 is 15.9 Å². The van der Waals surface area contributed by atoms with Crippen molar-refractivity contribution >= 4 is 22.1 Å². The molecule has 1 aliphatic heterocycles. The lowest BCUT2D eigenvalue weighted by atomic mass is 10.1. The van der Waals surface area contributed by atoms with Crippen LogP contribution in [0, 0.1) is 6.92 Å². The van der Waals surface area contributed by atoms with E-state index in [4.69, 9.17) is 4.74 Å². The van der Waals surface area contributed by atoms with E-state index in [1.165, 1.54) is 11.1 Å². The quantitative estimate of drug-likeness (QED) is 0.710. The summed E-state index contributed by atoms with van der Waals surface area (Å²) in [6.07, 6.45) is 1.92. The molecule has 0 aromatic heterocycles. The molecule has 0 bridgehead atoms. The predicted octanol–water partition coefficient (Wildman–Crippen LogP) is 3.92. The summed E-state index contributed by atoms with van der Waals surface area (Å²) in [7, 11) is 1.67. The van der Waals surface area contributed by atoms with E-state index in [1.54, 1.807) is 7.11 Å². The van der Waals surface area contributed by atoms with Gasteiger partial charge in [0.2, 0.25) is 0 Å². The van der Waals surface area contributed by atoms with Gasteiger partial charge in [0.15, 0.2) is 0 Å². The van der Waals surface area contributed by atoms with Gasteiger partial charge in [-0.25, -0.2) is 0 Å². The Bertz CT molecular complexity index is 722. The van der Waals surface area contributed by atoms with Gasteiger partial charge in [-0.1, -0.05) is 29.8 Å². The fraction of sp³-hybridized carbons (Fsp3) is 0.350. The highest BCUT2D eigenvalue weighted by molar-refractivity contribution is 9.10. The van der Waals surface area contributed by atoms with Crippen molar-refractivity contribution in [3.8, 4) is 5.75 Å². The first-order chi connectivity index (χ1) is 12.1. The summed E-state index contributed by atoms with van der Waals surface area (Å²) in [5.74, 6) is 0.835. The lowest BCUT2D eigenvalue weighted by molar-refractivity contribution is 0.131. The summed E-state index contributed by atoms with van der Waals surface area (Å²) >= 11 is 3.51. The number of nitrogens with zero attached hydrogens (tertiary/aromatic N) is 3. The zero-order valence-corrected chi connectivity index (χ0v) is 16.4. The fourth-order valence-corrected chi connectivity index (χ4v) is 3.43. The molecule has 0 N–H and O–H groups in total. The summed E-state index contributed by atoms with van der Waals surface area (Å²) in [5, 5.41) is 6.77. The minimum Gasteiger partial charge on any atom is -0.496 e. The highest BCUT2D eigenvalue weighted by atomic mass is 79.9. The molecule has 0 amide bonds. The Morgan fingerprint density at radius 1 is 1.08 bits per heavy atom. The molecule has 1 heterocycles. The molecule has 0 unspecified atom stereocenters. The van der Waals surface area contributed by atoms with E-state index in [2.05, 4.69) is 62.1 Å². The second kappa shape index (κ2) is 8.50. The van der Waals surface area contributed by atoms with E-state index in [9.17, 15) is 0 Å². The largest absolute Gasteiger partial charge is 0.496 e. The van der Waals surface area contributed by atoms with Gasteiger partial charge in [-0.15, -0.1) is 0 Å². The topological polar surface area (TPSA) is 28.1 Å². The molecular weight excluding hydrogens is 378 g/mol. The van der Waals surface area contributed by atoms with Gasteiger partial charge in [-0.05, 0) is 52.2 Å². The van der Waals surface area contributed by atoms with Crippen LogP contribution in [0.25, 0.3) is 0 Å². The lowest BCUT2D eigenvalue weighted by Gasteiger charge is -2.33. The molecule has 5 heteroatoms. The molecule has 0 aliphatic carbocycles. The van der Waals surface area contributed by atoms with Gasteiger partial charge < -0.3 is 4.74 Å². The van der Waals surface area contributed by atoms with Crippen molar-refractivity contribution in [2.45, 2.75) is 13.5 Å². The summed E-state index contributed by atoms with van der Waals surface area (Å²) < 4.78 is 6.20. The Morgan fingerprint density at radius 3 is 2.44 bits per heavy atom. The number of piperazine rings is 1. The van der Waals surface area contributed by atoms with Crippen LogP contribution in [0.3, 0.4) is 0 Å². The van der Waals surface area contributed by atoms with Gasteiger partial charge in [-0.3, -0.25) is 9.91 Å². The van der Waals surface area contributed by atoms with Crippen molar-refractivity contribution < 1.29 is 4.74 Å². The predicted molar refractivity (Wildman–Crippen MR) is 106 cm³/mol.